The van der Waals surface area contributed by atoms with Gasteiger partial charge in [0.25, 0.3) is 0 Å². The largest absolute Gasteiger partial charge is 0.392 e. The molecule has 2 aromatic rings. The molecule has 0 aliphatic carbocycles. The number of hydrogen-bond acceptors (Lipinski definition) is 5. The highest BCUT2D eigenvalue weighted by molar-refractivity contribution is 7.13. The molecule has 0 radical (unpaired) electrons. The Hall–Kier alpha value is -1.46. The zero-order valence-electron chi connectivity index (χ0n) is 7.34. The fourth-order valence-corrected chi connectivity index (χ4v) is 1.59. The van der Waals surface area contributed by atoms with E-state index in [-0.39, 0.29) is 6.61 Å². The lowest BCUT2D eigenvalue weighted by Crippen LogP contribution is -1.97. The summed E-state index contributed by atoms with van der Waals surface area (Å²) in [7, 11) is 0. The number of pyridine rings is 1. The van der Waals surface area contributed by atoms with Crippen molar-refractivity contribution in [1.29, 1.82) is 0 Å². The number of thiazole rings is 1. The van der Waals surface area contributed by atoms with Crippen molar-refractivity contribution in [3.05, 3.63) is 35.5 Å². The van der Waals surface area contributed by atoms with Gasteiger partial charge in [0.1, 0.15) is 5.82 Å². The summed E-state index contributed by atoms with van der Waals surface area (Å²) in [4.78, 5) is 8.19. The molecule has 14 heavy (non-hydrogen) atoms. The Bertz CT molecular complexity index is 402. The SMILES string of the molecule is OCc1cccnc1Nc1nccs1. The smallest absolute Gasteiger partial charge is 0.188 e. The van der Waals surface area contributed by atoms with Gasteiger partial charge in [0, 0.05) is 23.3 Å². The Balaban J connectivity index is 2.24. The summed E-state index contributed by atoms with van der Waals surface area (Å²) in [6, 6.07) is 3.61. The Labute approximate surface area is 85.3 Å². The second-order valence-corrected chi connectivity index (χ2v) is 3.53. The van der Waals surface area contributed by atoms with E-state index in [2.05, 4.69) is 15.3 Å². The summed E-state index contributed by atoms with van der Waals surface area (Å²) < 4.78 is 0. The minimum absolute atomic E-state index is 0.0262. The van der Waals surface area contributed by atoms with Crippen LogP contribution in [0.5, 0.6) is 0 Å². The molecule has 2 N–H and O–H groups in total. The predicted molar refractivity (Wildman–Crippen MR) is 55.6 cm³/mol. The van der Waals surface area contributed by atoms with Crippen molar-refractivity contribution in [2.24, 2.45) is 0 Å². The average molecular weight is 207 g/mol. The second-order valence-electron chi connectivity index (χ2n) is 2.63. The number of aliphatic hydroxyl groups excluding tert-OH is 1. The Morgan fingerprint density at radius 3 is 3.00 bits per heavy atom. The van der Waals surface area contributed by atoms with Gasteiger partial charge < -0.3 is 10.4 Å². The summed E-state index contributed by atoms with van der Waals surface area (Å²) in [5.41, 5.74) is 0.766. The van der Waals surface area contributed by atoms with E-state index in [4.69, 9.17) is 5.11 Å². The zero-order valence-corrected chi connectivity index (χ0v) is 8.16. The summed E-state index contributed by atoms with van der Waals surface area (Å²) in [6.07, 6.45) is 3.39. The molecule has 0 atom stereocenters. The molecular formula is C9H9N3OS. The van der Waals surface area contributed by atoms with E-state index in [1.54, 1.807) is 18.5 Å². The average Bonchev–Trinajstić information content (AvgIpc) is 2.71. The molecule has 2 aromatic heterocycles. The van der Waals surface area contributed by atoms with Gasteiger partial charge in [-0.3, -0.25) is 0 Å². The molecule has 2 heterocycles. The van der Waals surface area contributed by atoms with Crippen LogP contribution in [0.15, 0.2) is 29.9 Å². The van der Waals surface area contributed by atoms with Crippen LogP contribution < -0.4 is 5.32 Å². The van der Waals surface area contributed by atoms with Crippen LogP contribution in [-0.2, 0) is 6.61 Å². The lowest BCUT2D eigenvalue weighted by Gasteiger charge is -2.05. The zero-order chi connectivity index (χ0) is 9.80. The van der Waals surface area contributed by atoms with Gasteiger partial charge in [0.2, 0.25) is 0 Å². The Kier molecular flexibility index (Phi) is 2.71. The third-order valence-electron chi connectivity index (χ3n) is 1.72. The van der Waals surface area contributed by atoms with Crippen molar-refractivity contribution in [2.45, 2.75) is 6.61 Å². The van der Waals surface area contributed by atoms with Gasteiger partial charge in [-0.1, -0.05) is 6.07 Å². The molecule has 0 aliphatic heterocycles. The minimum atomic E-state index is -0.0262. The molecule has 0 fully saturated rings. The van der Waals surface area contributed by atoms with Crippen molar-refractivity contribution in [3.63, 3.8) is 0 Å². The lowest BCUT2D eigenvalue weighted by atomic mass is 10.3. The number of anilines is 2. The molecule has 0 amide bonds. The molecule has 0 bridgehead atoms. The summed E-state index contributed by atoms with van der Waals surface area (Å²) in [6.45, 7) is -0.0262. The highest BCUT2D eigenvalue weighted by atomic mass is 32.1. The quantitative estimate of drug-likeness (QED) is 0.805. The van der Waals surface area contributed by atoms with Crippen LogP contribution in [0.1, 0.15) is 5.56 Å². The van der Waals surface area contributed by atoms with Gasteiger partial charge in [-0.15, -0.1) is 11.3 Å². The maximum absolute atomic E-state index is 9.05. The first-order valence-electron chi connectivity index (χ1n) is 4.11. The van der Waals surface area contributed by atoms with E-state index < -0.39 is 0 Å². The van der Waals surface area contributed by atoms with E-state index in [1.165, 1.54) is 11.3 Å². The molecule has 0 spiro atoms. The fourth-order valence-electron chi connectivity index (χ4n) is 1.07. The molecule has 0 saturated heterocycles. The lowest BCUT2D eigenvalue weighted by molar-refractivity contribution is 0.282. The normalized spacial score (nSPS) is 10.1. The molecule has 5 heteroatoms. The van der Waals surface area contributed by atoms with Crippen LogP contribution in [0, 0.1) is 0 Å². The van der Waals surface area contributed by atoms with Gasteiger partial charge in [0.15, 0.2) is 5.13 Å². The number of aromatic nitrogens is 2. The highest BCUT2D eigenvalue weighted by Gasteiger charge is 2.02. The van der Waals surface area contributed by atoms with Crippen LogP contribution in [0.4, 0.5) is 10.9 Å². The Morgan fingerprint density at radius 2 is 2.29 bits per heavy atom. The van der Waals surface area contributed by atoms with E-state index in [1.807, 2.05) is 11.4 Å². The number of nitrogens with zero attached hydrogens (tertiary/aromatic N) is 2. The summed E-state index contributed by atoms with van der Waals surface area (Å²) in [5.74, 6) is 0.657. The molecule has 4 nitrogen and oxygen atoms in total. The maximum atomic E-state index is 9.05. The molecule has 0 aliphatic rings. The number of nitrogens with one attached hydrogen (secondary N) is 1. The molecule has 2 rings (SSSR count). The first-order chi connectivity index (χ1) is 6.90. The van der Waals surface area contributed by atoms with Crippen molar-refractivity contribution >= 4 is 22.3 Å². The van der Waals surface area contributed by atoms with Crippen molar-refractivity contribution in [1.82, 2.24) is 9.97 Å². The van der Waals surface area contributed by atoms with Crippen molar-refractivity contribution in [3.8, 4) is 0 Å². The highest BCUT2D eigenvalue weighted by Crippen LogP contribution is 2.19. The Morgan fingerprint density at radius 1 is 1.36 bits per heavy atom. The van der Waals surface area contributed by atoms with Gasteiger partial charge in [-0.25, -0.2) is 9.97 Å². The maximum Gasteiger partial charge on any atom is 0.188 e. The van der Waals surface area contributed by atoms with E-state index >= 15 is 0 Å². The van der Waals surface area contributed by atoms with Gasteiger partial charge >= 0.3 is 0 Å². The van der Waals surface area contributed by atoms with Crippen LogP contribution >= 0.6 is 11.3 Å². The van der Waals surface area contributed by atoms with E-state index in [0.717, 1.165) is 10.7 Å². The van der Waals surface area contributed by atoms with Crippen LogP contribution in [0.3, 0.4) is 0 Å². The van der Waals surface area contributed by atoms with Crippen LogP contribution in [0.25, 0.3) is 0 Å². The number of hydrogen-bond donors (Lipinski definition) is 2. The summed E-state index contributed by atoms with van der Waals surface area (Å²) in [5, 5.41) is 14.7. The van der Waals surface area contributed by atoms with Gasteiger partial charge in [0.05, 0.1) is 6.61 Å². The first kappa shape index (κ1) is 9.11. The topological polar surface area (TPSA) is 58.0 Å². The van der Waals surface area contributed by atoms with Crippen molar-refractivity contribution < 1.29 is 5.11 Å². The van der Waals surface area contributed by atoms with Crippen LogP contribution in [-0.4, -0.2) is 15.1 Å². The first-order valence-corrected chi connectivity index (χ1v) is 4.99. The monoisotopic (exact) mass is 207 g/mol. The van der Waals surface area contributed by atoms with Crippen LogP contribution in [0.2, 0.25) is 0 Å². The predicted octanol–water partition coefficient (Wildman–Crippen LogP) is 1.77. The number of rotatable bonds is 3. The molecule has 0 unspecified atom stereocenters. The second kappa shape index (κ2) is 4.17. The molecule has 72 valence electrons. The molecule has 0 saturated carbocycles. The van der Waals surface area contributed by atoms with Crippen molar-refractivity contribution in [2.75, 3.05) is 5.32 Å². The van der Waals surface area contributed by atoms with E-state index in [9.17, 15) is 0 Å². The standard InChI is InChI=1S/C9H9N3OS/c13-6-7-2-1-3-10-8(7)12-9-11-4-5-14-9/h1-5,13H,6H2,(H,10,11,12). The van der Waals surface area contributed by atoms with Gasteiger partial charge in [-0.05, 0) is 6.07 Å². The third kappa shape index (κ3) is 1.89. The number of aliphatic hydroxyl groups is 1. The molecule has 0 aromatic carbocycles. The minimum Gasteiger partial charge on any atom is -0.392 e. The van der Waals surface area contributed by atoms with E-state index in [0.29, 0.717) is 5.82 Å². The fraction of sp³-hybridized carbons (Fsp3) is 0.111. The summed E-state index contributed by atoms with van der Waals surface area (Å²) >= 11 is 1.49. The van der Waals surface area contributed by atoms with Gasteiger partial charge in [-0.2, -0.15) is 0 Å². The molecular weight excluding hydrogens is 198 g/mol. The third-order valence-corrected chi connectivity index (χ3v) is 2.41.